The summed E-state index contributed by atoms with van der Waals surface area (Å²) in [5, 5.41) is 0. The molecule has 0 bridgehead atoms. The van der Waals surface area contributed by atoms with Crippen LogP contribution in [-0.2, 0) is 0 Å². The van der Waals surface area contributed by atoms with E-state index in [0.29, 0.717) is 11.5 Å². The Balaban J connectivity index is 3.37. The topological polar surface area (TPSA) is 0 Å². The number of thioether (sulfide) groups is 2. The van der Waals surface area contributed by atoms with Crippen molar-refractivity contribution in [3.63, 3.8) is 0 Å². The monoisotopic (exact) mass is 270 g/mol. The zero-order valence-corrected chi connectivity index (χ0v) is 10.4. The Labute approximate surface area is 99.8 Å². The smallest absolute Gasteiger partial charge is 0.176 e. The summed E-state index contributed by atoms with van der Waals surface area (Å²) in [6, 6.07) is 0. The molecule has 0 saturated heterocycles. The van der Waals surface area contributed by atoms with Gasteiger partial charge in [0.15, 0.2) is 23.3 Å². The van der Waals surface area contributed by atoms with E-state index < -0.39 is 33.1 Å². The van der Waals surface area contributed by atoms with E-state index in [1.807, 2.05) is 0 Å². The van der Waals surface area contributed by atoms with Gasteiger partial charge >= 0.3 is 0 Å². The lowest BCUT2D eigenvalue weighted by Crippen LogP contribution is -2.02. The van der Waals surface area contributed by atoms with E-state index in [-0.39, 0.29) is 0 Å². The molecule has 6 heteroatoms. The molecule has 0 N–H and O–H groups in total. The largest absolute Gasteiger partial charge is 0.202 e. The molecule has 1 aromatic rings. The Morgan fingerprint density at radius 1 is 0.688 bits per heavy atom. The third-order valence-electron chi connectivity index (χ3n) is 1.76. The Bertz CT molecular complexity index is 327. The lowest BCUT2D eigenvalue weighted by atomic mass is 10.3. The van der Waals surface area contributed by atoms with Crippen molar-refractivity contribution in [1.82, 2.24) is 0 Å². The number of benzene rings is 1. The summed E-state index contributed by atoms with van der Waals surface area (Å²) >= 11 is 1.49. The zero-order valence-electron chi connectivity index (χ0n) is 8.74. The molecular weight excluding hydrogens is 260 g/mol. The molecule has 0 amide bonds. The van der Waals surface area contributed by atoms with Gasteiger partial charge < -0.3 is 0 Å². The van der Waals surface area contributed by atoms with Crippen molar-refractivity contribution in [2.75, 3.05) is 11.5 Å². The fourth-order valence-corrected chi connectivity index (χ4v) is 2.58. The van der Waals surface area contributed by atoms with E-state index in [0.717, 1.165) is 23.5 Å². The van der Waals surface area contributed by atoms with Crippen molar-refractivity contribution in [1.29, 1.82) is 0 Å². The lowest BCUT2D eigenvalue weighted by Gasteiger charge is -2.09. The molecule has 0 aliphatic rings. The van der Waals surface area contributed by atoms with Gasteiger partial charge in [-0.1, -0.05) is 13.8 Å². The average molecular weight is 270 g/mol. The first kappa shape index (κ1) is 13.7. The van der Waals surface area contributed by atoms with Crippen LogP contribution < -0.4 is 0 Å². The van der Waals surface area contributed by atoms with Crippen LogP contribution >= 0.6 is 23.5 Å². The van der Waals surface area contributed by atoms with Crippen molar-refractivity contribution in [2.24, 2.45) is 0 Å². The van der Waals surface area contributed by atoms with E-state index in [2.05, 4.69) is 0 Å². The highest BCUT2D eigenvalue weighted by Gasteiger charge is 2.25. The van der Waals surface area contributed by atoms with Crippen LogP contribution in [0.3, 0.4) is 0 Å². The number of hydrogen-bond donors (Lipinski definition) is 0. The molecule has 0 heterocycles. The second-order valence-corrected chi connectivity index (χ2v) is 5.33. The molecule has 1 rings (SSSR count). The molecule has 0 nitrogen and oxygen atoms in total. The minimum Gasteiger partial charge on any atom is -0.202 e. The van der Waals surface area contributed by atoms with Crippen LogP contribution in [0.1, 0.15) is 13.8 Å². The van der Waals surface area contributed by atoms with Crippen molar-refractivity contribution in [2.45, 2.75) is 23.6 Å². The molecule has 0 aliphatic heterocycles. The second-order valence-electron chi connectivity index (χ2n) is 2.78. The molecule has 1 aromatic carbocycles. The molecule has 0 aromatic heterocycles. The van der Waals surface area contributed by atoms with Crippen LogP contribution in [0.15, 0.2) is 9.79 Å². The van der Waals surface area contributed by atoms with E-state index in [4.69, 9.17) is 0 Å². The molecule has 90 valence electrons. The number of rotatable bonds is 4. The first-order valence-corrected chi connectivity index (χ1v) is 6.63. The molecule has 0 spiro atoms. The lowest BCUT2D eigenvalue weighted by molar-refractivity contribution is 0.401. The summed E-state index contributed by atoms with van der Waals surface area (Å²) in [5.74, 6) is -4.54. The molecular formula is C10H10F4S2. The van der Waals surface area contributed by atoms with Crippen LogP contribution in [0.4, 0.5) is 17.6 Å². The quantitative estimate of drug-likeness (QED) is 0.450. The summed E-state index contributed by atoms with van der Waals surface area (Å²) in [6.07, 6.45) is 0. The molecule has 0 atom stereocenters. The maximum absolute atomic E-state index is 13.4. The zero-order chi connectivity index (χ0) is 12.3. The predicted octanol–water partition coefficient (Wildman–Crippen LogP) is 4.47. The first-order valence-electron chi connectivity index (χ1n) is 4.66. The SMILES string of the molecule is CCSc1c(F)c(F)c(SCC)c(F)c1F. The molecule has 0 saturated carbocycles. The van der Waals surface area contributed by atoms with Gasteiger partial charge in [-0.2, -0.15) is 0 Å². The van der Waals surface area contributed by atoms with Gasteiger partial charge in [-0.05, 0) is 11.5 Å². The summed E-state index contributed by atoms with van der Waals surface area (Å²) < 4.78 is 53.6. The maximum Gasteiger partial charge on any atom is 0.176 e. The van der Waals surface area contributed by atoms with Gasteiger partial charge in [0.05, 0.1) is 9.79 Å². The van der Waals surface area contributed by atoms with Crippen molar-refractivity contribution in [3.05, 3.63) is 23.3 Å². The van der Waals surface area contributed by atoms with Gasteiger partial charge in [0.2, 0.25) is 0 Å². The van der Waals surface area contributed by atoms with Gasteiger partial charge in [-0.15, -0.1) is 23.5 Å². The van der Waals surface area contributed by atoms with E-state index >= 15 is 0 Å². The summed E-state index contributed by atoms with van der Waals surface area (Å²) in [6.45, 7) is 3.29. The highest BCUT2D eigenvalue weighted by molar-refractivity contribution is 7.99. The molecule has 0 unspecified atom stereocenters. The summed E-state index contributed by atoms with van der Waals surface area (Å²) in [7, 11) is 0. The van der Waals surface area contributed by atoms with Crippen LogP contribution in [0, 0.1) is 23.3 Å². The van der Waals surface area contributed by atoms with Gasteiger partial charge in [-0.3, -0.25) is 0 Å². The third kappa shape index (κ3) is 2.48. The third-order valence-corrected chi connectivity index (χ3v) is 3.63. The molecule has 0 radical (unpaired) electrons. The average Bonchev–Trinajstić information content (AvgIpc) is 2.28. The van der Waals surface area contributed by atoms with E-state index in [9.17, 15) is 17.6 Å². The fraction of sp³-hybridized carbons (Fsp3) is 0.400. The first-order chi connectivity index (χ1) is 7.54. The number of halogens is 4. The van der Waals surface area contributed by atoms with Gasteiger partial charge in [0.25, 0.3) is 0 Å². The van der Waals surface area contributed by atoms with Crippen molar-refractivity contribution >= 4 is 23.5 Å². The maximum atomic E-state index is 13.4. The van der Waals surface area contributed by atoms with E-state index in [1.54, 1.807) is 13.8 Å². The van der Waals surface area contributed by atoms with Crippen LogP contribution in [-0.4, -0.2) is 11.5 Å². The van der Waals surface area contributed by atoms with Crippen molar-refractivity contribution < 1.29 is 17.6 Å². The Morgan fingerprint density at radius 2 is 0.938 bits per heavy atom. The van der Waals surface area contributed by atoms with Gasteiger partial charge in [-0.25, -0.2) is 17.6 Å². The standard InChI is InChI=1S/C10H10F4S2/c1-3-15-9-5(11)7(13)10(16-4-2)8(14)6(9)12/h3-4H2,1-2H3. The van der Waals surface area contributed by atoms with Crippen molar-refractivity contribution in [3.8, 4) is 0 Å². The summed E-state index contributed by atoms with van der Waals surface area (Å²) in [5.41, 5.74) is 0. The van der Waals surface area contributed by atoms with Crippen LogP contribution in [0.2, 0.25) is 0 Å². The van der Waals surface area contributed by atoms with E-state index in [1.165, 1.54) is 0 Å². The minimum atomic E-state index is -1.30. The molecule has 0 fully saturated rings. The highest BCUT2D eigenvalue weighted by atomic mass is 32.2. The van der Waals surface area contributed by atoms with Crippen LogP contribution in [0.5, 0.6) is 0 Å². The normalized spacial score (nSPS) is 10.9. The molecule has 16 heavy (non-hydrogen) atoms. The van der Waals surface area contributed by atoms with Crippen LogP contribution in [0.25, 0.3) is 0 Å². The number of hydrogen-bond acceptors (Lipinski definition) is 2. The predicted molar refractivity (Wildman–Crippen MR) is 59.1 cm³/mol. The van der Waals surface area contributed by atoms with Gasteiger partial charge in [0.1, 0.15) is 0 Å². The minimum absolute atomic E-state index is 0.340. The van der Waals surface area contributed by atoms with Gasteiger partial charge in [0, 0.05) is 0 Å². The summed E-state index contributed by atoms with van der Waals surface area (Å²) in [4.78, 5) is -1.17. The Morgan fingerprint density at radius 3 is 1.12 bits per heavy atom. The fourth-order valence-electron chi connectivity index (χ4n) is 1.13. The Hall–Kier alpha value is -0.360. The Kier molecular flexibility index (Phi) is 4.98. The molecule has 0 aliphatic carbocycles. The second kappa shape index (κ2) is 5.82. The highest BCUT2D eigenvalue weighted by Crippen LogP contribution is 2.35.